The van der Waals surface area contributed by atoms with Gasteiger partial charge >= 0.3 is 5.97 Å². The number of aliphatic carboxylic acids is 1. The van der Waals surface area contributed by atoms with Crippen molar-refractivity contribution in [1.82, 2.24) is 9.97 Å². The number of hydrogen-bond acceptors (Lipinski definition) is 2. The van der Waals surface area contributed by atoms with Gasteiger partial charge in [0.15, 0.2) is 0 Å². The van der Waals surface area contributed by atoms with E-state index in [2.05, 4.69) is 40.3 Å². The van der Waals surface area contributed by atoms with E-state index in [9.17, 15) is 4.79 Å². The number of aromatic amines is 1. The number of fused-ring (bicyclic) bond motifs is 2. The largest absolute Gasteiger partial charge is 0.478 e. The maximum atomic E-state index is 10.3. The van der Waals surface area contributed by atoms with Gasteiger partial charge in [0.05, 0.1) is 16.9 Å². The summed E-state index contributed by atoms with van der Waals surface area (Å²) < 4.78 is 0. The fourth-order valence-electron chi connectivity index (χ4n) is 4.23. The smallest absolute Gasteiger partial charge is 0.328 e. The highest BCUT2D eigenvalue weighted by molar-refractivity contribution is 6.36. The van der Waals surface area contributed by atoms with Crippen molar-refractivity contribution in [3.63, 3.8) is 0 Å². The van der Waals surface area contributed by atoms with Crippen molar-refractivity contribution < 1.29 is 9.90 Å². The number of nitrogens with one attached hydrogen (secondary N) is 1. The van der Waals surface area contributed by atoms with Crippen LogP contribution >= 0.6 is 23.2 Å². The molecule has 0 saturated heterocycles. The summed E-state index contributed by atoms with van der Waals surface area (Å²) in [7, 11) is 0. The van der Waals surface area contributed by atoms with E-state index < -0.39 is 5.97 Å². The van der Waals surface area contributed by atoms with Crippen molar-refractivity contribution >= 4 is 68.9 Å². The molecule has 0 amide bonds. The molecule has 2 N–H and O–H groups in total. The molecule has 0 fully saturated rings. The lowest BCUT2D eigenvalue weighted by Crippen LogP contribution is -1.85. The molecule has 1 aromatic heterocycles. The molecule has 6 aromatic rings. The van der Waals surface area contributed by atoms with Crippen LogP contribution in [0.25, 0.3) is 51.0 Å². The van der Waals surface area contributed by atoms with Crippen LogP contribution in [0.2, 0.25) is 10.0 Å². The summed E-state index contributed by atoms with van der Waals surface area (Å²) in [5.41, 5.74) is 3.76. The lowest BCUT2D eigenvalue weighted by molar-refractivity contribution is -0.131. The Morgan fingerprint density at radius 3 is 1.90 bits per heavy atom. The molecular weight excluding hydrogens is 539 g/mol. The summed E-state index contributed by atoms with van der Waals surface area (Å²) in [4.78, 5) is 18.0. The van der Waals surface area contributed by atoms with Crippen LogP contribution in [0.3, 0.4) is 0 Å². The van der Waals surface area contributed by atoms with Gasteiger partial charge in [0.1, 0.15) is 5.82 Å². The molecule has 6 rings (SSSR count). The highest BCUT2D eigenvalue weighted by Gasteiger charge is 2.07. The SMILES string of the molecule is Clc1ccc(-c2cnc(C=Cc3ccc4ccccc4c3)[nH]2)c(Cl)c1.O=C(O)/C=C/c1ccc2ccccc2c1. The summed E-state index contributed by atoms with van der Waals surface area (Å²) in [5.74, 6) is -0.155. The van der Waals surface area contributed by atoms with Gasteiger partial charge in [-0.15, -0.1) is 0 Å². The van der Waals surface area contributed by atoms with Crippen LogP contribution in [0.5, 0.6) is 0 Å². The third kappa shape index (κ3) is 6.86. The normalized spacial score (nSPS) is 11.2. The molecule has 0 aliphatic carbocycles. The molecule has 196 valence electrons. The van der Waals surface area contributed by atoms with E-state index in [1.54, 1.807) is 18.3 Å². The molecule has 0 radical (unpaired) electrons. The predicted octanol–water partition coefficient (Wildman–Crippen LogP) is 9.64. The second-order valence-electron chi connectivity index (χ2n) is 9.02. The molecule has 0 saturated carbocycles. The quantitative estimate of drug-likeness (QED) is 0.205. The maximum Gasteiger partial charge on any atom is 0.328 e. The molecule has 0 bridgehead atoms. The van der Waals surface area contributed by atoms with E-state index >= 15 is 0 Å². The van der Waals surface area contributed by atoms with Gasteiger partial charge in [-0.3, -0.25) is 0 Å². The summed E-state index contributed by atoms with van der Waals surface area (Å²) in [6.07, 6.45) is 8.50. The summed E-state index contributed by atoms with van der Waals surface area (Å²) >= 11 is 12.2. The van der Waals surface area contributed by atoms with Crippen LogP contribution in [0.1, 0.15) is 17.0 Å². The van der Waals surface area contributed by atoms with E-state index in [0.29, 0.717) is 10.0 Å². The number of aromatic nitrogens is 2. The Hall–Kier alpha value is -4.64. The molecule has 0 aliphatic rings. The Morgan fingerprint density at radius 2 is 1.30 bits per heavy atom. The highest BCUT2D eigenvalue weighted by atomic mass is 35.5. The lowest BCUT2D eigenvalue weighted by atomic mass is 10.1. The van der Waals surface area contributed by atoms with Crippen LogP contribution < -0.4 is 0 Å². The highest BCUT2D eigenvalue weighted by Crippen LogP contribution is 2.29. The van der Waals surface area contributed by atoms with Gasteiger partial charge in [-0.25, -0.2) is 9.78 Å². The first-order chi connectivity index (χ1) is 19.4. The van der Waals surface area contributed by atoms with E-state index in [-0.39, 0.29) is 0 Å². The molecule has 0 atom stereocenters. The Morgan fingerprint density at radius 1 is 0.700 bits per heavy atom. The molecule has 0 spiro atoms. The first kappa shape index (κ1) is 26.9. The van der Waals surface area contributed by atoms with Gasteiger partial charge in [-0.1, -0.05) is 102 Å². The number of nitrogens with zero attached hydrogens (tertiary/aromatic N) is 1. The van der Waals surface area contributed by atoms with Crippen LogP contribution in [0, 0.1) is 0 Å². The minimum Gasteiger partial charge on any atom is -0.478 e. The van der Waals surface area contributed by atoms with Crippen LogP contribution in [0.15, 0.2) is 115 Å². The van der Waals surface area contributed by atoms with Crippen LogP contribution in [-0.2, 0) is 4.79 Å². The van der Waals surface area contributed by atoms with Crippen molar-refractivity contribution in [3.05, 3.63) is 142 Å². The minimum atomic E-state index is -0.928. The van der Waals surface area contributed by atoms with Crippen molar-refractivity contribution in [2.24, 2.45) is 0 Å². The number of carbonyl (C=O) groups is 1. The number of halogens is 2. The lowest BCUT2D eigenvalue weighted by Gasteiger charge is -2.01. The zero-order chi connectivity index (χ0) is 27.9. The molecule has 5 aromatic carbocycles. The van der Waals surface area contributed by atoms with Crippen LogP contribution in [-0.4, -0.2) is 21.0 Å². The Balaban J connectivity index is 0.000000184. The van der Waals surface area contributed by atoms with E-state index in [4.69, 9.17) is 28.3 Å². The Labute approximate surface area is 241 Å². The minimum absolute atomic E-state index is 0.598. The predicted molar refractivity (Wildman–Crippen MR) is 168 cm³/mol. The number of carboxylic acid groups (broad SMARTS) is 1. The molecule has 0 unspecified atom stereocenters. The van der Waals surface area contributed by atoms with Crippen molar-refractivity contribution in [3.8, 4) is 11.3 Å². The molecule has 6 heteroatoms. The van der Waals surface area contributed by atoms with Crippen molar-refractivity contribution in [2.45, 2.75) is 0 Å². The summed E-state index contributed by atoms with van der Waals surface area (Å²) in [5, 5.41) is 14.4. The second kappa shape index (κ2) is 12.5. The average Bonchev–Trinajstić information content (AvgIpc) is 3.44. The molecular formula is C34H24Cl2N2O2. The van der Waals surface area contributed by atoms with Gasteiger partial charge in [-0.2, -0.15) is 0 Å². The van der Waals surface area contributed by atoms with E-state index in [1.807, 2.05) is 78.9 Å². The summed E-state index contributed by atoms with van der Waals surface area (Å²) in [6, 6.07) is 33.9. The Bertz CT molecular complexity index is 1870. The average molecular weight is 563 g/mol. The van der Waals surface area contributed by atoms with Crippen molar-refractivity contribution in [2.75, 3.05) is 0 Å². The van der Waals surface area contributed by atoms with Crippen LogP contribution in [0.4, 0.5) is 0 Å². The van der Waals surface area contributed by atoms with Gasteiger partial charge in [0, 0.05) is 16.7 Å². The molecule has 40 heavy (non-hydrogen) atoms. The molecule has 1 heterocycles. The number of imidazole rings is 1. The van der Waals surface area contributed by atoms with Gasteiger partial charge < -0.3 is 10.1 Å². The first-order valence-electron chi connectivity index (χ1n) is 12.5. The molecule has 0 aliphatic heterocycles. The zero-order valence-electron chi connectivity index (χ0n) is 21.3. The first-order valence-corrected chi connectivity index (χ1v) is 13.3. The maximum absolute atomic E-state index is 10.3. The van der Waals surface area contributed by atoms with Gasteiger partial charge in [0.2, 0.25) is 0 Å². The second-order valence-corrected chi connectivity index (χ2v) is 9.87. The van der Waals surface area contributed by atoms with E-state index in [1.165, 1.54) is 10.8 Å². The fourth-order valence-corrected chi connectivity index (χ4v) is 4.74. The Kier molecular flexibility index (Phi) is 8.41. The number of H-pyrrole nitrogens is 1. The van der Waals surface area contributed by atoms with Gasteiger partial charge in [-0.05, 0) is 75.2 Å². The number of rotatable bonds is 5. The standard InChI is InChI=1S/C21H14Cl2N2.C13H10O2/c22-17-8-9-18(19(23)12-17)20-13-24-21(25-20)10-6-14-5-7-15-3-1-2-4-16(15)11-14;14-13(15)8-6-10-5-7-11-3-1-2-4-12(11)9-10/h1-13H,(H,24,25);1-9H,(H,14,15)/b;8-6+. The number of hydrogen-bond donors (Lipinski definition) is 2. The third-order valence-electron chi connectivity index (χ3n) is 6.22. The number of carboxylic acids is 1. The number of benzene rings is 5. The topological polar surface area (TPSA) is 66.0 Å². The van der Waals surface area contributed by atoms with Crippen molar-refractivity contribution in [1.29, 1.82) is 0 Å². The summed E-state index contributed by atoms with van der Waals surface area (Å²) in [6.45, 7) is 0. The van der Waals surface area contributed by atoms with E-state index in [0.717, 1.165) is 45.1 Å². The monoisotopic (exact) mass is 562 g/mol. The third-order valence-corrected chi connectivity index (χ3v) is 6.76. The fraction of sp³-hybridized carbons (Fsp3) is 0. The van der Waals surface area contributed by atoms with Gasteiger partial charge in [0.25, 0.3) is 0 Å². The molecule has 4 nitrogen and oxygen atoms in total. The zero-order valence-corrected chi connectivity index (χ0v) is 22.8.